The van der Waals surface area contributed by atoms with E-state index in [0.717, 1.165) is 11.1 Å². The molecule has 2 aromatic carbocycles. The highest BCUT2D eigenvalue weighted by atomic mass is 16.5. The summed E-state index contributed by atoms with van der Waals surface area (Å²) < 4.78 is 14.6. The van der Waals surface area contributed by atoms with Crippen LogP contribution in [-0.2, 0) is 22.7 Å². The molecule has 6 aromatic rings. The third-order valence-corrected chi connectivity index (χ3v) is 7.00. The average Bonchev–Trinajstić information content (AvgIpc) is 3.65. The van der Waals surface area contributed by atoms with Gasteiger partial charge in [-0.25, -0.2) is 9.97 Å². The van der Waals surface area contributed by atoms with E-state index in [2.05, 4.69) is 40.5 Å². The van der Waals surface area contributed by atoms with E-state index in [9.17, 15) is 19.2 Å². The third-order valence-electron chi connectivity index (χ3n) is 7.00. The van der Waals surface area contributed by atoms with Gasteiger partial charge >= 0.3 is 0 Å². The van der Waals surface area contributed by atoms with Gasteiger partial charge in [-0.3, -0.25) is 29.1 Å². The van der Waals surface area contributed by atoms with E-state index in [1.54, 1.807) is 0 Å². The van der Waals surface area contributed by atoms with Gasteiger partial charge in [0.2, 0.25) is 23.7 Å². The highest BCUT2D eigenvalue weighted by molar-refractivity contribution is 5.79. The second-order valence-corrected chi connectivity index (χ2v) is 10.4. The Kier molecular flexibility index (Phi) is 8.94. The van der Waals surface area contributed by atoms with E-state index in [1.165, 1.54) is 21.8 Å². The van der Waals surface area contributed by atoms with Crippen molar-refractivity contribution in [1.82, 2.24) is 49.7 Å². The standard InChI is InChI=1S/C30H30N12O6/c31-29-37-25-23(27(45)39-29)35-15-41(25)13-21(43)33-7-9-47-19-5-1-3-17(11-19)18-4-2-6-20(12-18)48-10-8-34-22(44)14-42-16-36-24-26(42)38-30(32)40-28(24)46/h1-6,11-12,15-16H,7-10,13-14H2,(H,33,43)(H,34,44)(H3,31,37,39,45)(H3,32,38,40,46). The van der Waals surface area contributed by atoms with Crippen molar-refractivity contribution in [2.24, 2.45) is 0 Å². The molecule has 0 aliphatic heterocycles. The molecule has 18 nitrogen and oxygen atoms in total. The van der Waals surface area contributed by atoms with E-state index in [1.807, 2.05) is 48.5 Å². The van der Waals surface area contributed by atoms with Gasteiger partial charge in [-0.05, 0) is 35.4 Å². The number of ether oxygens (including phenoxy) is 2. The lowest BCUT2D eigenvalue weighted by atomic mass is 10.1. The van der Waals surface area contributed by atoms with Gasteiger partial charge in [-0.2, -0.15) is 9.97 Å². The van der Waals surface area contributed by atoms with Crippen molar-refractivity contribution in [1.29, 1.82) is 0 Å². The monoisotopic (exact) mass is 654 g/mol. The quantitative estimate of drug-likeness (QED) is 0.0884. The molecule has 0 bridgehead atoms. The van der Waals surface area contributed by atoms with Crippen molar-refractivity contribution in [3.05, 3.63) is 81.9 Å². The van der Waals surface area contributed by atoms with Crippen LogP contribution in [0, 0.1) is 0 Å². The van der Waals surface area contributed by atoms with Crippen LogP contribution in [0.2, 0.25) is 0 Å². The minimum absolute atomic E-state index is 0.0610. The topological polar surface area (TPSA) is 256 Å². The smallest absolute Gasteiger partial charge is 0.280 e. The molecule has 0 aliphatic rings. The number of nitrogens with zero attached hydrogens (tertiary/aromatic N) is 6. The number of nitrogen functional groups attached to an aromatic ring is 2. The van der Waals surface area contributed by atoms with Crippen molar-refractivity contribution >= 4 is 46.0 Å². The molecule has 4 heterocycles. The van der Waals surface area contributed by atoms with Crippen LogP contribution in [-0.4, -0.2) is 77.2 Å². The minimum Gasteiger partial charge on any atom is -0.492 e. The molecule has 0 spiro atoms. The molecule has 6 rings (SSSR count). The molecule has 0 atom stereocenters. The van der Waals surface area contributed by atoms with Gasteiger partial charge in [-0.15, -0.1) is 0 Å². The SMILES string of the molecule is Nc1nc2c(ncn2CC(=O)NCCOc2cccc(-c3cccc(OCCNC(=O)Cn4cnc5c(=O)[nH]c(N)nc54)c3)c2)c(=O)[nH]1. The fourth-order valence-corrected chi connectivity index (χ4v) is 4.84. The summed E-state index contributed by atoms with van der Waals surface area (Å²) in [6.07, 6.45) is 2.72. The summed E-state index contributed by atoms with van der Waals surface area (Å²) in [6, 6.07) is 15.0. The van der Waals surface area contributed by atoms with E-state index in [0.29, 0.717) is 11.5 Å². The van der Waals surface area contributed by atoms with Gasteiger partial charge in [0, 0.05) is 0 Å². The number of aromatic nitrogens is 8. The van der Waals surface area contributed by atoms with Crippen LogP contribution >= 0.6 is 0 Å². The molecule has 246 valence electrons. The second-order valence-electron chi connectivity index (χ2n) is 10.4. The largest absolute Gasteiger partial charge is 0.492 e. The molecule has 0 fully saturated rings. The van der Waals surface area contributed by atoms with Gasteiger partial charge in [-0.1, -0.05) is 24.3 Å². The first-order valence-electron chi connectivity index (χ1n) is 14.6. The van der Waals surface area contributed by atoms with Crippen molar-refractivity contribution in [2.45, 2.75) is 13.1 Å². The van der Waals surface area contributed by atoms with Crippen LogP contribution in [0.5, 0.6) is 11.5 Å². The Hall–Kier alpha value is -6.72. The van der Waals surface area contributed by atoms with Crippen LogP contribution in [0.3, 0.4) is 0 Å². The molecule has 0 aliphatic carbocycles. The number of aromatic amines is 2. The summed E-state index contributed by atoms with van der Waals surface area (Å²) in [5.74, 6) is 0.488. The number of carbonyl (C=O) groups is 2. The van der Waals surface area contributed by atoms with Crippen LogP contribution in [0.4, 0.5) is 11.9 Å². The van der Waals surface area contributed by atoms with Gasteiger partial charge in [0.1, 0.15) is 37.8 Å². The summed E-state index contributed by atoms with van der Waals surface area (Å²) in [7, 11) is 0. The number of H-pyrrole nitrogens is 2. The lowest BCUT2D eigenvalue weighted by molar-refractivity contribution is -0.122. The number of nitrogens with one attached hydrogen (secondary N) is 4. The molecule has 2 amide bonds. The number of nitrogens with two attached hydrogens (primary N) is 2. The van der Waals surface area contributed by atoms with Gasteiger partial charge in [0.15, 0.2) is 22.3 Å². The molecule has 0 unspecified atom stereocenters. The number of fused-ring (bicyclic) bond motifs is 2. The number of hydrogen-bond donors (Lipinski definition) is 6. The zero-order valence-electron chi connectivity index (χ0n) is 25.3. The lowest BCUT2D eigenvalue weighted by Crippen LogP contribution is -2.31. The Morgan fingerprint density at radius 1 is 0.708 bits per heavy atom. The van der Waals surface area contributed by atoms with Gasteiger partial charge in [0.25, 0.3) is 11.1 Å². The van der Waals surface area contributed by atoms with Crippen molar-refractivity contribution in [3.63, 3.8) is 0 Å². The van der Waals surface area contributed by atoms with E-state index >= 15 is 0 Å². The summed E-state index contributed by atoms with van der Waals surface area (Å²) in [6.45, 7) is 0.754. The number of hydrogen-bond acceptors (Lipinski definition) is 12. The maximum atomic E-state index is 12.4. The zero-order valence-corrected chi connectivity index (χ0v) is 25.3. The third kappa shape index (κ3) is 7.22. The van der Waals surface area contributed by atoms with Crippen LogP contribution in [0.15, 0.2) is 70.8 Å². The fraction of sp³-hybridized carbons (Fsp3) is 0.200. The Morgan fingerprint density at radius 3 is 1.58 bits per heavy atom. The predicted octanol–water partition coefficient (Wildman–Crippen LogP) is -0.226. The van der Waals surface area contributed by atoms with Crippen molar-refractivity contribution < 1.29 is 19.1 Å². The molecule has 4 aromatic heterocycles. The first-order chi connectivity index (χ1) is 23.2. The summed E-state index contributed by atoms with van der Waals surface area (Å²) in [5.41, 5.74) is 12.7. The number of rotatable bonds is 13. The second kappa shape index (κ2) is 13.7. The first kappa shape index (κ1) is 31.3. The van der Waals surface area contributed by atoms with E-state index < -0.39 is 11.1 Å². The van der Waals surface area contributed by atoms with Crippen molar-refractivity contribution in [3.8, 4) is 22.6 Å². The first-order valence-corrected chi connectivity index (χ1v) is 14.6. The number of benzene rings is 2. The molecule has 18 heteroatoms. The van der Waals surface area contributed by atoms with Crippen molar-refractivity contribution in [2.75, 3.05) is 37.8 Å². The van der Waals surface area contributed by atoms with E-state index in [4.69, 9.17) is 20.9 Å². The fourth-order valence-electron chi connectivity index (χ4n) is 4.84. The molecule has 48 heavy (non-hydrogen) atoms. The van der Waals surface area contributed by atoms with E-state index in [-0.39, 0.29) is 85.4 Å². The molecule has 8 N–H and O–H groups in total. The molecule has 0 saturated carbocycles. The predicted molar refractivity (Wildman–Crippen MR) is 174 cm³/mol. The molecule has 0 radical (unpaired) electrons. The summed E-state index contributed by atoms with van der Waals surface area (Å²) in [4.78, 5) is 69.6. The highest BCUT2D eigenvalue weighted by Gasteiger charge is 2.13. The van der Waals surface area contributed by atoms with Crippen LogP contribution < -0.4 is 42.7 Å². The molecular weight excluding hydrogens is 624 g/mol. The number of imidazole rings is 2. The Bertz CT molecular complexity index is 2080. The van der Waals surface area contributed by atoms with Gasteiger partial charge in [0.05, 0.1) is 25.7 Å². The molecular formula is C30H30N12O6. The minimum atomic E-state index is -0.476. The van der Waals surface area contributed by atoms with Crippen LogP contribution in [0.1, 0.15) is 0 Å². The van der Waals surface area contributed by atoms with Gasteiger partial charge < -0.3 is 40.7 Å². The number of carbonyl (C=O) groups excluding carboxylic acids is 2. The normalized spacial score (nSPS) is 11.1. The highest BCUT2D eigenvalue weighted by Crippen LogP contribution is 2.27. The molecule has 0 saturated heterocycles. The Balaban J connectivity index is 0.950. The number of amides is 2. The Labute approximate surface area is 270 Å². The summed E-state index contributed by atoms with van der Waals surface area (Å²) >= 11 is 0. The summed E-state index contributed by atoms with van der Waals surface area (Å²) in [5, 5.41) is 5.54. The van der Waals surface area contributed by atoms with Crippen LogP contribution in [0.25, 0.3) is 33.5 Å². The number of anilines is 2. The lowest BCUT2D eigenvalue weighted by Gasteiger charge is -2.11. The average molecular weight is 655 g/mol. The Morgan fingerprint density at radius 2 is 1.15 bits per heavy atom. The zero-order chi connectivity index (χ0) is 33.6. The maximum Gasteiger partial charge on any atom is 0.280 e. The maximum absolute atomic E-state index is 12.4.